The van der Waals surface area contributed by atoms with Crippen molar-refractivity contribution in [3.8, 4) is 0 Å². The zero-order valence-corrected chi connectivity index (χ0v) is 10.5. The lowest BCUT2D eigenvalue weighted by Crippen LogP contribution is -2.36. The third kappa shape index (κ3) is 5.71. The van der Waals surface area contributed by atoms with E-state index in [1.807, 2.05) is 0 Å². The van der Waals surface area contributed by atoms with E-state index < -0.39 is 0 Å². The molecule has 1 aliphatic carbocycles. The summed E-state index contributed by atoms with van der Waals surface area (Å²) in [5.41, 5.74) is 0. The van der Waals surface area contributed by atoms with Gasteiger partial charge in [-0.2, -0.15) is 0 Å². The number of ether oxygens (including phenoxy) is 2. The standard InChI is InChI=1S/C11H22ClNO2/c1-13(3-4-15-6-5-14-2)9-10-7-11(12)8-10/h10-11H,3-9H2,1-2H3. The molecule has 0 saturated heterocycles. The van der Waals surface area contributed by atoms with Gasteiger partial charge in [-0.15, -0.1) is 11.6 Å². The van der Waals surface area contributed by atoms with Crippen LogP contribution in [0.3, 0.4) is 0 Å². The molecule has 1 rings (SSSR count). The Hall–Kier alpha value is 0.170. The van der Waals surface area contributed by atoms with Crippen molar-refractivity contribution in [2.24, 2.45) is 5.92 Å². The van der Waals surface area contributed by atoms with Gasteiger partial charge in [-0.25, -0.2) is 0 Å². The van der Waals surface area contributed by atoms with Crippen molar-refractivity contribution in [1.82, 2.24) is 4.90 Å². The number of hydrogen-bond donors (Lipinski definition) is 0. The van der Waals surface area contributed by atoms with Gasteiger partial charge in [0.15, 0.2) is 0 Å². The molecule has 0 heterocycles. The quantitative estimate of drug-likeness (QED) is 0.471. The molecule has 0 amide bonds. The lowest BCUT2D eigenvalue weighted by Gasteiger charge is -2.34. The van der Waals surface area contributed by atoms with Gasteiger partial charge < -0.3 is 14.4 Å². The van der Waals surface area contributed by atoms with Crippen molar-refractivity contribution in [2.45, 2.75) is 18.2 Å². The minimum absolute atomic E-state index is 0.432. The zero-order chi connectivity index (χ0) is 11.1. The average molecular weight is 236 g/mol. The van der Waals surface area contributed by atoms with E-state index >= 15 is 0 Å². The van der Waals surface area contributed by atoms with Crippen LogP contribution in [0.25, 0.3) is 0 Å². The van der Waals surface area contributed by atoms with E-state index in [0.717, 1.165) is 25.6 Å². The molecule has 0 atom stereocenters. The Balaban J connectivity index is 1.87. The average Bonchev–Trinajstić information content (AvgIpc) is 2.15. The first-order valence-corrected chi connectivity index (χ1v) is 6.05. The van der Waals surface area contributed by atoms with Crippen molar-refractivity contribution >= 4 is 11.6 Å². The van der Waals surface area contributed by atoms with Gasteiger partial charge in [0.2, 0.25) is 0 Å². The van der Waals surface area contributed by atoms with Gasteiger partial charge in [0.1, 0.15) is 0 Å². The largest absolute Gasteiger partial charge is 0.382 e. The Morgan fingerprint density at radius 1 is 1.27 bits per heavy atom. The monoisotopic (exact) mass is 235 g/mol. The molecule has 1 saturated carbocycles. The lowest BCUT2D eigenvalue weighted by atomic mass is 9.84. The van der Waals surface area contributed by atoms with Gasteiger partial charge in [-0.3, -0.25) is 0 Å². The van der Waals surface area contributed by atoms with E-state index in [0.29, 0.717) is 18.6 Å². The number of nitrogens with zero attached hydrogens (tertiary/aromatic N) is 1. The Kier molecular flexibility index (Phi) is 6.57. The van der Waals surface area contributed by atoms with Gasteiger partial charge in [-0.1, -0.05) is 0 Å². The van der Waals surface area contributed by atoms with Crippen LogP contribution in [0.4, 0.5) is 0 Å². The highest BCUT2D eigenvalue weighted by Crippen LogP contribution is 2.32. The van der Waals surface area contributed by atoms with Crippen LogP contribution in [0.15, 0.2) is 0 Å². The summed E-state index contributed by atoms with van der Waals surface area (Å²) in [4.78, 5) is 2.32. The Morgan fingerprint density at radius 3 is 2.60 bits per heavy atom. The first kappa shape index (κ1) is 13.2. The molecular weight excluding hydrogens is 214 g/mol. The summed E-state index contributed by atoms with van der Waals surface area (Å²) in [5, 5.41) is 0.432. The maximum Gasteiger partial charge on any atom is 0.0700 e. The number of methoxy groups -OCH3 is 1. The van der Waals surface area contributed by atoms with E-state index in [4.69, 9.17) is 21.1 Å². The summed E-state index contributed by atoms with van der Waals surface area (Å²) in [7, 11) is 3.83. The third-order valence-electron chi connectivity index (χ3n) is 2.80. The number of rotatable bonds is 8. The molecule has 90 valence electrons. The summed E-state index contributed by atoms with van der Waals surface area (Å²) >= 11 is 5.93. The molecule has 0 radical (unpaired) electrons. The van der Waals surface area contributed by atoms with Gasteiger partial charge in [0, 0.05) is 25.6 Å². The van der Waals surface area contributed by atoms with Crippen molar-refractivity contribution in [2.75, 3.05) is 47.1 Å². The molecular formula is C11H22ClNO2. The topological polar surface area (TPSA) is 21.7 Å². The molecule has 0 spiro atoms. The minimum Gasteiger partial charge on any atom is -0.382 e. The van der Waals surface area contributed by atoms with Crippen LogP contribution in [-0.2, 0) is 9.47 Å². The minimum atomic E-state index is 0.432. The Morgan fingerprint density at radius 2 is 2.00 bits per heavy atom. The maximum atomic E-state index is 5.93. The smallest absolute Gasteiger partial charge is 0.0700 e. The van der Waals surface area contributed by atoms with Gasteiger partial charge in [-0.05, 0) is 25.8 Å². The van der Waals surface area contributed by atoms with Crippen LogP contribution in [0, 0.1) is 5.92 Å². The predicted molar refractivity (Wildman–Crippen MR) is 62.6 cm³/mol. The Bertz CT molecular complexity index is 163. The van der Waals surface area contributed by atoms with Gasteiger partial charge in [0.05, 0.1) is 19.8 Å². The molecule has 0 aromatic rings. The molecule has 0 aliphatic heterocycles. The molecule has 0 N–H and O–H groups in total. The molecule has 1 aliphatic rings. The number of alkyl halides is 1. The summed E-state index contributed by atoms with van der Waals surface area (Å²) in [5.74, 6) is 0.802. The first-order chi connectivity index (χ1) is 7.22. The van der Waals surface area contributed by atoms with Crippen LogP contribution in [0.1, 0.15) is 12.8 Å². The van der Waals surface area contributed by atoms with Crippen LogP contribution in [-0.4, -0.2) is 57.3 Å². The van der Waals surface area contributed by atoms with Crippen molar-refractivity contribution in [3.63, 3.8) is 0 Å². The second-order valence-corrected chi connectivity index (χ2v) is 4.92. The van der Waals surface area contributed by atoms with Crippen molar-refractivity contribution in [1.29, 1.82) is 0 Å². The third-order valence-corrected chi connectivity index (χ3v) is 3.15. The van der Waals surface area contributed by atoms with Crippen LogP contribution >= 0.6 is 11.6 Å². The first-order valence-electron chi connectivity index (χ1n) is 5.61. The fourth-order valence-corrected chi connectivity index (χ4v) is 2.30. The summed E-state index contributed by atoms with van der Waals surface area (Å²) in [6.07, 6.45) is 2.35. The Labute approximate surface area is 97.7 Å². The van der Waals surface area contributed by atoms with Crippen molar-refractivity contribution < 1.29 is 9.47 Å². The van der Waals surface area contributed by atoms with Gasteiger partial charge in [0.25, 0.3) is 0 Å². The molecule has 4 heteroatoms. The van der Waals surface area contributed by atoms with Gasteiger partial charge >= 0.3 is 0 Å². The molecule has 3 nitrogen and oxygen atoms in total. The second kappa shape index (κ2) is 7.44. The normalized spacial score (nSPS) is 25.6. The predicted octanol–water partition coefficient (Wildman–Crippen LogP) is 1.60. The maximum absolute atomic E-state index is 5.93. The van der Waals surface area contributed by atoms with E-state index in [9.17, 15) is 0 Å². The molecule has 0 aromatic carbocycles. The number of hydrogen-bond acceptors (Lipinski definition) is 3. The summed E-state index contributed by atoms with van der Waals surface area (Å²) in [6.45, 7) is 4.30. The zero-order valence-electron chi connectivity index (χ0n) is 9.75. The van der Waals surface area contributed by atoms with Crippen LogP contribution < -0.4 is 0 Å². The highest BCUT2D eigenvalue weighted by atomic mass is 35.5. The van der Waals surface area contributed by atoms with E-state index in [2.05, 4.69) is 11.9 Å². The molecule has 15 heavy (non-hydrogen) atoms. The fourth-order valence-electron chi connectivity index (χ4n) is 1.80. The number of halogens is 1. The SMILES string of the molecule is COCCOCCN(C)CC1CC(Cl)C1. The fraction of sp³-hybridized carbons (Fsp3) is 1.00. The number of likely N-dealkylation sites (N-methyl/N-ethyl adjacent to an activating group) is 1. The molecule has 0 unspecified atom stereocenters. The van der Waals surface area contributed by atoms with E-state index in [1.165, 1.54) is 12.8 Å². The van der Waals surface area contributed by atoms with Crippen LogP contribution in [0.5, 0.6) is 0 Å². The second-order valence-electron chi connectivity index (χ2n) is 4.30. The van der Waals surface area contributed by atoms with Crippen molar-refractivity contribution in [3.05, 3.63) is 0 Å². The highest BCUT2D eigenvalue weighted by molar-refractivity contribution is 6.21. The molecule has 1 fully saturated rings. The summed E-state index contributed by atoms with van der Waals surface area (Å²) < 4.78 is 10.3. The van der Waals surface area contributed by atoms with E-state index in [1.54, 1.807) is 7.11 Å². The van der Waals surface area contributed by atoms with Crippen LogP contribution in [0.2, 0.25) is 0 Å². The lowest BCUT2D eigenvalue weighted by molar-refractivity contribution is 0.0567. The summed E-state index contributed by atoms with van der Waals surface area (Å²) in [6, 6.07) is 0. The van der Waals surface area contributed by atoms with E-state index in [-0.39, 0.29) is 0 Å². The highest BCUT2D eigenvalue weighted by Gasteiger charge is 2.27. The molecule has 0 aromatic heterocycles. The molecule has 0 bridgehead atoms.